The SMILES string of the molecule is Cc1ccccc1[C@H](OC[C@H](O)CN1C(=O)[C@H]2CCCC[C@@H]2C1=O)c1ccccc1. The Morgan fingerprint density at radius 2 is 1.57 bits per heavy atom. The number of aliphatic hydroxyl groups is 1. The summed E-state index contributed by atoms with van der Waals surface area (Å²) in [6, 6.07) is 17.9. The first-order valence-electron chi connectivity index (χ1n) is 10.8. The van der Waals surface area contributed by atoms with Crippen molar-refractivity contribution in [1.29, 1.82) is 0 Å². The van der Waals surface area contributed by atoms with Crippen LogP contribution >= 0.6 is 0 Å². The first-order chi connectivity index (χ1) is 14.6. The minimum atomic E-state index is -0.923. The van der Waals surface area contributed by atoms with Crippen LogP contribution in [-0.2, 0) is 14.3 Å². The van der Waals surface area contributed by atoms with Crippen LogP contribution in [0, 0.1) is 18.8 Å². The number of β-amino-alcohol motifs (C(OH)–C–C–N with tert-alkyl or cyclic N) is 1. The maximum atomic E-state index is 12.7. The molecule has 5 heteroatoms. The summed E-state index contributed by atoms with van der Waals surface area (Å²) in [5.41, 5.74) is 3.14. The summed E-state index contributed by atoms with van der Waals surface area (Å²) in [4.78, 5) is 26.6. The summed E-state index contributed by atoms with van der Waals surface area (Å²) in [5, 5.41) is 10.6. The number of hydrogen-bond donors (Lipinski definition) is 1. The van der Waals surface area contributed by atoms with Crippen LogP contribution in [0.1, 0.15) is 48.5 Å². The monoisotopic (exact) mass is 407 g/mol. The van der Waals surface area contributed by atoms with Crippen molar-refractivity contribution in [1.82, 2.24) is 4.90 Å². The van der Waals surface area contributed by atoms with Gasteiger partial charge >= 0.3 is 0 Å². The molecule has 1 saturated heterocycles. The Bertz CT molecular complexity index is 873. The van der Waals surface area contributed by atoms with E-state index in [-0.39, 0.29) is 42.9 Å². The van der Waals surface area contributed by atoms with Crippen LogP contribution < -0.4 is 0 Å². The normalized spacial score (nSPS) is 23.3. The first kappa shape index (κ1) is 20.8. The molecule has 0 radical (unpaired) electrons. The molecule has 2 aromatic carbocycles. The number of benzene rings is 2. The summed E-state index contributed by atoms with van der Waals surface area (Å²) in [5.74, 6) is -0.628. The van der Waals surface area contributed by atoms with Gasteiger partial charge in [0.25, 0.3) is 0 Å². The van der Waals surface area contributed by atoms with E-state index in [1.54, 1.807) is 0 Å². The third kappa shape index (κ3) is 4.18. The number of aliphatic hydroxyl groups excluding tert-OH is 1. The number of likely N-dealkylation sites (tertiary alicyclic amines) is 1. The third-order valence-corrected chi connectivity index (χ3v) is 6.35. The van der Waals surface area contributed by atoms with E-state index in [0.717, 1.165) is 42.4 Å². The van der Waals surface area contributed by atoms with Gasteiger partial charge in [-0.3, -0.25) is 14.5 Å². The molecular formula is C25H29NO4. The van der Waals surface area contributed by atoms with E-state index >= 15 is 0 Å². The average Bonchev–Trinajstić information content (AvgIpc) is 3.01. The number of hydrogen-bond acceptors (Lipinski definition) is 4. The summed E-state index contributed by atoms with van der Waals surface area (Å²) >= 11 is 0. The fourth-order valence-corrected chi connectivity index (χ4v) is 4.76. The number of carbonyl (C=O) groups excluding carboxylic acids is 2. The third-order valence-electron chi connectivity index (χ3n) is 6.35. The molecule has 4 atom stereocenters. The maximum Gasteiger partial charge on any atom is 0.233 e. The molecule has 5 nitrogen and oxygen atoms in total. The second-order valence-corrected chi connectivity index (χ2v) is 8.42. The highest BCUT2D eigenvalue weighted by molar-refractivity contribution is 6.05. The van der Waals surface area contributed by atoms with Crippen LogP contribution in [0.25, 0.3) is 0 Å². The van der Waals surface area contributed by atoms with E-state index in [4.69, 9.17) is 4.74 Å². The number of carbonyl (C=O) groups is 2. The van der Waals surface area contributed by atoms with Crippen LogP contribution in [0.3, 0.4) is 0 Å². The molecule has 1 N–H and O–H groups in total. The smallest absolute Gasteiger partial charge is 0.233 e. The van der Waals surface area contributed by atoms with E-state index in [9.17, 15) is 14.7 Å². The van der Waals surface area contributed by atoms with Crippen molar-refractivity contribution >= 4 is 11.8 Å². The van der Waals surface area contributed by atoms with Gasteiger partial charge in [-0.1, -0.05) is 67.4 Å². The molecule has 1 saturated carbocycles. The molecular weight excluding hydrogens is 378 g/mol. The zero-order valence-corrected chi connectivity index (χ0v) is 17.4. The lowest BCUT2D eigenvalue weighted by atomic mass is 9.81. The minimum absolute atomic E-state index is 0.0000514. The molecule has 1 heterocycles. The Kier molecular flexibility index (Phi) is 6.30. The van der Waals surface area contributed by atoms with Crippen LogP contribution in [0.15, 0.2) is 54.6 Å². The Morgan fingerprint density at radius 3 is 2.20 bits per heavy atom. The molecule has 2 aromatic rings. The van der Waals surface area contributed by atoms with Gasteiger partial charge in [-0.25, -0.2) is 0 Å². The molecule has 0 unspecified atom stereocenters. The van der Waals surface area contributed by atoms with Gasteiger partial charge in [0.05, 0.1) is 31.1 Å². The number of aryl methyl sites for hydroxylation is 1. The van der Waals surface area contributed by atoms with Crippen LogP contribution in [0.2, 0.25) is 0 Å². The molecule has 0 spiro atoms. The van der Waals surface area contributed by atoms with Gasteiger partial charge < -0.3 is 9.84 Å². The molecule has 2 aliphatic rings. The Morgan fingerprint density at radius 1 is 0.967 bits per heavy atom. The van der Waals surface area contributed by atoms with Gasteiger partial charge in [-0.15, -0.1) is 0 Å². The predicted molar refractivity (Wildman–Crippen MR) is 114 cm³/mol. The van der Waals surface area contributed by atoms with E-state index in [1.165, 1.54) is 4.90 Å². The molecule has 0 bridgehead atoms. The first-order valence-corrected chi connectivity index (χ1v) is 10.8. The summed E-state index contributed by atoms with van der Waals surface area (Å²) in [6.45, 7) is 2.08. The van der Waals surface area contributed by atoms with E-state index in [0.29, 0.717) is 0 Å². The number of fused-ring (bicyclic) bond motifs is 1. The topological polar surface area (TPSA) is 66.8 Å². The molecule has 1 aliphatic carbocycles. The Balaban J connectivity index is 1.44. The lowest BCUT2D eigenvalue weighted by molar-refractivity contribution is -0.142. The van der Waals surface area contributed by atoms with Crippen molar-refractivity contribution in [2.75, 3.05) is 13.2 Å². The lowest BCUT2D eigenvalue weighted by Crippen LogP contribution is -2.39. The van der Waals surface area contributed by atoms with E-state index in [1.807, 2.05) is 61.5 Å². The van der Waals surface area contributed by atoms with Crippen molar-refractivity contribution < 1.29 is 19.4 Å². The second-order valence-electron chi connectivity index (χ2n) is 8.42. The minimum Gasteiger partial charge on any atom is -0.389 e. The number of rotatable bonds is 7. The molecule has 1 aliphatic heterocycles. The van der Waals surface area contributed by atoms with Crippen molar-refractivity contribution in [3.63, 3.8) is 0 Å². The maximum absolute atomic E-state index is 12.7. The molecule has 4 rings (SSSR count). The zero-order chi connectivity index (χ0) is 21.1. The van der Waals surface area contributed by atoms with Crippen molar-refractivity contribution in [2.45, 2.75) is 44.8 Å². The lowest BCUT2D eigenvalue weighted by Gasteiger charge is -2.24. The Labute approximate surface area is 177 Å². The van der Waals surface area contributed by atoms with Gasteiger partial charge in [-0.2, -0.15) is 0 Å². The van der Waals surface area contributed by atoms with Gasteiger partial charge in [-0.05, 0) is 36.5 Å². The second kappa shape index (κ2) is 9.11. The van der Waals surface area contributed by atoms with Crippen molar-refractivity contribution in [3.05, 3.63) is 71.3 Å². The molecule has 158 valence electrons. The van der Waals surface area contributed by atoms with Crippen LogP contribution in [-0.4, -0.2) is 41.1 Å². The van der Waals surface area contributed by atoms with Gasteiger partial charge in [0.2, 0.25) is 11.8 Å². The van der Waals surface area contributed by atoms with Crippen molar-refractivity contribution in [3.8, 4) is 0 Å². The van der Waals surface area contributed by atoms with Crippen LogP contribution in [0.4, 0.5) is 0 Å². The summed E-state index contributed by atoms with van der Waals surface area (Å²) in [7, 11) is 0. The largest absolute Gasteiger partial charge is 0.389 e. The van der Waals surface area contributed by atoms with Crippen LogP contribution in [0.5, 0.6) is 0 Å². The highest BCUT2D eigenvalue weighted by Crippen LogP contribution is 2.38. The quantitative estimate of drug-likeness (QED) is 0.712. The fraction of sp³-hybridized carbons (Fsp3) is 0.440. The number of nitrogens with zero attached hydrogens (tertiary/aromatic N) is 1. The molecule has 2 fully saturated rings. The molecule has 30 heavy (non-hydrogen) atoms. The summed E-state index contributed by atoms with van der Waals surface area (Å²) in [6.07, 6.45) is 2.30. The number of ether oxygens (including phenoxy) is 1. The standard InChI is InChI=1S/C25H29NO4/c1-17-9-5-6-12-20(17)23(18-10-3-2-4-11-18)30-16-19(27)15-26-24(28)21-13-7-8-14-22(21)25(26)29/h2-6,9-12,19,21-23,27H,7-8,13-16H2,1H3/t19-,21+,22+,23-/m1/s1. The van der Waals surface area contributed by atoms with Gasteiger partial charge in [0.1, 0.15) is 6.10 Å². The van der Waals surface area contributed by atoms with Crippen molar-refractivity contribution in [2.24, 2.45) is 11.8 Å². The fourth-order valence-electron chi connectivity index (χ4n) is 4.76. The summed E-state index contributed by atoms with van der Waals surface area (Å²) < 4.78 is 6.16. The average molecular weight is 408 g/mol. The van der Waals surface area contributed by atoms with Gasteiger partial charge in [0.15, 0.2) is 0 Å². The predicted octanol–water partition coefficient (Wildman–Crippen LogP) is 3.64. The Hall–Kier alpha value is -2.50. The number of amides is 2. The highest BCUT2D eigenvalue weighted by Gasteiger charge is 2.48. The molecule has 2 amide bonds. The zero-order valence-electron chi connectivity index (χ0n) is 17.4. The number of imide groups is 1. The van der Waals surface area contributed by atoms with E-state index in [2.05, 4.69) is 0 Å². The molecule has 0 aromatic heterocycles. The van der Waals surface area contributed by atoms with Gasteiger partial charge in [0, 0.05) is 0 Å². The van der Waals surface area contributed by atoms with E-state index < -0.39 is 6.10 Å². The highest BCUT2D eigenvalue weighted by atomic mass is 16.5.